The molecule has 1 rings (SSSR count). The lowest BCUT2D eigenvalue weighted by Crippen LogP contribution is -2.33. The number of nitrogens with one attached hydrogen (secondary N) is 1. The van der Waals surface area contributed by atoms with Crippen LogP contribution in [-0.4, -0.2) is 17.8 Å². The van der Waals surface area contributed by atoms with Gasteiger partial charge in [-0.05, 0) is 32.6 Å². The first kappa shape index (κ1) is 9.85. The summed E-state index contributed by atoms with van der Waals surface area (Å²) < 4.78 is 0. The Morgan fingerprint density at radius 1 is 1.67 bits per heavy atom. The first-order valence-corrected chi connectivity index (χ1v) is 5.14. The Bertz CT molecular complexity index is 157. The summed E-state index contributed by atoms with van der Waals surface area (Å²) in [5, 5.41) is 2.98. The molecule has 1 aliphatic carbocycles. The molecule has 0 spiro atoms. The van der Waals surface area contributed by atoms with Gasteiger partial charge in [0.15, 0.2) is 0 Å². The first-order valence-electron chi connectivity index (χ1n) is 4.60. The monoisotopic (exact) mass is 189 g/mol. The van der Waals surface area contributed by atoms with E-state index in [1.165, 1.54) is 0 Å². The zero-order valence-corrected chi connectivity index (χ0v) is 8.23. The molecular weight excluding hydrogens is 174 g/mol. The predicted octanol–water partition coefficient (Wildman–Crippen LogP) is 1.92. The summed E-state index contributed by atoms with van der Waals surface area (Å²) in [6.07, 6.45) is 4.12. The van der Waals surface area contributed by atoms with E-state index in [2.05, 4.69) is 5.32 Å². The molecule has 0 heterocycles. The Morgan fingerprint density at radius 3 is 2.83 bits per heavy atom. The number of carbonyl (C=O) groups is 1. The maximum Gasteiger partial charge on any atom is 0.223 e. The fraction of sp³-hybridized carbons (Fsp3) is 0.889. The highest BCUT2D eigenvalue weighted by Gasteiger charge is 2.29. The molecule has 1 aliphatic rings. The molecule has 12 heavy (non-hydrogen) atoms. The molecule has 70 valence electrons. The SMILES string of the molecule is CC(CCCCl)NC(=O)C1CC1. The van der Waals surface area contributed by atoms with E-state index in [1.807, 2.05) is 6.92 Å². The molecular formula is C9H16ClNO. The molecule has 1 saturated carbocycles. The van der Waals surface area contributed by atoms with Crippen molar-refractivity contribution in [1.29, 1.82) is 0 Å². The molecule has 0 bridgehead atoms. The van der Waals surface area contributed by atoms with E-state index < -0.39 is 0 Å². The fourth-order valence-electron chi connectivity index (χ4n) is 1.16. The van der Waals surface area contributed by atoms with E-state index in [-0.39, 0.29) is 11.9 Å². The van der Waals surface area contributed by atoms with Crippen LogP contribution in [0.5, 0.6) is 0 Å². The smallest absolute Gasteiger partial charge is 0.223 e. The van der Waals surface area contributed by atoms with Crippen LogP contribution in [0.15, 0.2) is 0 Å². The third kappa shape index (κ3) is 3.44. The zero-order valence-electron chi connectivity index (χ0n) is 7.48. The molecule has 1 atom stereocenters. The van der Waals surface area contributed by atoms with Crippen molar-refractivity contribution in [2.45, 2.75) is 38.6 Å². The summed E-state index contributed by atoms with van der Waals surface area (Å²) >= 11 is 5.54. The molecule has 0 saturated heterocycles. The molecule has 3 heteroatoms. The van der Waals surface area contributed by atoms with Crippen LogP contribution in [0.2, 0.25) is 0 Å². The van der Waals surface area contributed by atoms with E-state index in [9.17, 15) is 4.79 Å². The van der Waals surface area contributed by atoms with E-state index >= 15 is 0 Å². The normalized spacial score (nSPS) is 18.8. The van der Waals surface area contributed by atoms with Crippen LogP contribution in [0.3, 0.4) is 0 Å². The van der Waals surface area contributed by atoms with Gasteiger partial charge < -0.3 is 5.32 Å². The van der Waals surface area contributed by atoms with Crippen LogP contribution >= 0.6 is 11.6 Å². The van der Waals surface area contributed by atoms with Gasteiger partial charge in [-0.2, -0.15) is 0 Å². The van der Waals surface area contributed by atoms with Crippen LogP contribution in [0.25, 0.3) is 0 Å². The van der Waals surface area contributed by atoms with Gasteiger partial charge in [0, 0.05) is 17.8 Å². The zero-order chi connectivity index (χ0) is 8.97. The molecule has 1 fully saturated rings. The van der Waals surface area contributed by atoms with Crippen molar-refractivity contribution in [2.24, 2.45) is 5.92 Å². The van der Waals surface area contributed by atoms with Crippen molar-refractivity contribution in [2.75, 3.05) is 5.88 Å². The number of alkyl halides is 1. The lowest BCUT2D eigenvalue weighted by molar-refractivity contribution is -0.122. The number of rotatable bonds is 5. The summed E-state index contributed by atoms with van der Waals surface area (Å²) in [5.74, 6) is 1.24. The van der Waals surface area contributed by atoms with E-state index in [0.717, 1.165) is 25.7 Å². The molecule has 1 unspecified atom stereocenters. The number of amides is 1. The van der Waals surface area contributed by atoms with Gasteiger partial charge in [0.2, 0.25) is 5.91 Å². The molecule has 0 aromatic carbocycles. The van der Waals surface area contributed by atoms with Gasteiger partial charge in [0.25, 0.3) is 0 Å². The predicted molar refractivity (Wildman–Crippen MR) is 50.3 cm³/mol. The minimum absolute atomic E-state index is 0.233. The highest BCUT2D eigenvalue weighted by atomic mass is 35.5. The quantitative estimate of drug-likeness (QED) is 0.658. The second-order valence-corrected chi connectivity index (χ2v) is 3.89. The Labute approximate surface area is 78.7 Å². The summed E-state index contributed by atoms with van der Waals surface area (Å²) in [6, 6.07) is 0.289. The number of carbonyl (C=O) groups excluding carboxylic acids is 1. The van der Waals surface area contributed by atoms with Gasteiger partial charge in [-0.15, -0.1) is 11.6 Å². The van der Waals surface area contributed by atoms with Gasteiger partial charge in [-0.25, -0.2) is 0 Å². The lowest BCUT2D eigenvalue weighted by atomic mass is 10.2. The average Bonchev–Trinajstić information content (AvgIpc) is 2.82. The maximum absolute atomic E-state index is 11.2. The molecule has 2 nitrogen and oxygen atoms in total. The topological polar surface area (TPSA) is 29.1 Å². The standard InChI is InChI=1S/C9H16ClNO/c1-7(3-2-6-10)11-9(12)8-4-5-8/h7-8H,2-6H2,1H3,(H,11,12). The third-order valence-corrected chi connectivity index (χ3v) is 2.37. The van der Waals surface area contributed by atoms with Crippen LogP contribution < -0.4 is 5.32 Å². The Balaban J connectivity index is 2.07. The summed E-state index contributed by atoms with van der Waals surface area (Å²) in [5.41, 5.74) is 0. The summed E-state index contributed by atoms with van der Waals surface area (Å²) in [4.78, 5) is 11.2. The third-order valence-electron chi connectivity index (χ3n) is 2.11. The summed E-state index contributed by atoms with van der Waals surface area (Å²) in [6.45, 7) is 2.03. The van der Waals surface area contributed by atoms with Gasteiger partial charge in [-0.3, -0.25) is 4.79 Å². The van der Waals surface area contributed by atoms with Gasteiger partial charge in [0.05, 0.1) is 0 Å². The van der Waals surface area contributed by atoms with Gasteiger partial charge in [-0.1, -0.05) is 0 Å². The molecule has 0 aromatic heterocycles. The van der Waals surface area contributed by atoms with Crippen molar-refractivity contribution >= 4 is 17.5 Å². The van der Waals surface area contributed by atoms with Crippen LogP contribution in [0.1, 0.15) is 32.6 Å². The highest BCUT2D eigenvalue weighted by molar-refractivity contribution is 6.17. The number of hydrogen-bond acceptors (Lipinski definition) is 1. The van der Waals surface area contributed by atoms with Crippen LogP contribution in [-0.2, 0) is 4.79 Å². The molecule has 1 amide bonds. The molecule has 1 N–H and O–H groups in total. The molecule has 0 aromatic rings. The minimum atomic E-state index is 0.233. The van der Waals surface area contributed by atoms with Gasteiger partial charge in [0.1, 0.15) is 0 Å². The second kappa shape index (κ2) is 4.70. The second-order valence-electron chi connectivity index (χ2n) is 3.52. The van der Waals surface area contributed by atoms with E-state index in [1.54, 1.807) is 0 Å². The number of halogens is 1. The van der Waals surface area contributed by atoms with Gasteiger partial charge >= 0.3 is 0 Å². The van der Waals surface area contributed by atoms with Crippen molar-refractivity contribution in [3.8, 4) is 0 Å². The van der Waals surface area contributed by atoms with Crippen LogP contribution in [0, 0.1) is 5.92 Å². The highest BCUT2D eigenvalue weighted by Crippen LogP contribution is 2.28. The maximum atomic E-state index is 11.2. The van der Waals surface area contributed by atoms with Crippen molar-refractivity contribution in [3.63, 3.8) is 0 Å². The summed E-state index contributed by atoms with van der Waals surface area (Å²) in [7, 11) is 0. The largest absolute Gasteiger partial charge is 0.353 e. The molecule has 0 radical (unpaired) electrons. The Hall–Kier alpha value is -0.240. The van der Waals surface area contributed by atoms with E-state index in [0.29, 0.717) is 11.8 Å². The molecule has 0 aliphatic heterocycles. The van der Waals surface area contributed by atoms with Crippen molar-refractivity contribution < 1.29 is 4.79 Å². The number of hydrogen-bond donors (Lipinski definition) is 1. The van der Waals surface area contributed by atoms with Crippen molar-refractivity contribution in [1.82, 2.24) is 5.32 Å². The Morgan fingerprint density at radius 2 is 2.33 bits per heavy atom. The minimum Gasteiger partial charge on any atom is -0.353 e. The fourth-order valence-corrected chi connectivity index (χ4v) is 1.32. The lowest BCUT2D eigenvalue weighted by Gasteiger charge is -2.12. The average molecular weight is 190 g/mol. The van der Waals surface area contributed by atoms with E-state index in [4.69, 9.17) is 11.6 Å². The Kier molecular flexibility index (Phi) is 3.86. The van der Waals surface area contributed by atoms with Crippen molar-refractivity contribution in [3.05, 3.63) is 0 Å². The first-order chi connectivity index (χ1) is 5.74. The van der Waals surface area contributed by atoms with Crippen LogP contribution in [0.4, 0.5) is 0 Å².